The summed E-state index contributed by atoms with van der Waals surface area (Å²) in [5.74, 6) is 1.86. The standard InChI is InChI=1S/C30H34ClN3O4/c1-20(2)15-17-33(30(35)22-13-14-26(37-4)29(38-5)28(22)31)19-23-24(34-16-9-8-12-27(34)32-23)18-21-10-6-7-11-25(21)36-3/h6-14,16,20H,15,17-19H2,1-5H3. The predicted octanol–water partition coefficient (Wildman–Crippen LogP) is 6.29. The number of aromatic nitrogens is 2. The van der Waals surface area contributed by atoms with Crippen molar-refractivity contribution in [3.8, 4) is 17.2 Å². The number of ether oxygens (including phenoxy) is 3. The quantitative estimate of drug-likeness (QED) is 0.226. The summed E-state index contributed by atoms with van der Waals surface area (Å²) in [5, 5.41) is 0.232. The molecular formula is C30H34ClN3O4. The number of fused-ring (bicyclic) bond motifs is 1. The average Bonchev–Trinajstić information content (AvgIpc) is 3.27. The minimum absolute atomic E-state index is 0.183. The van der Waals surface area contributed by atoms with E-state index in [1.165, 1.54) is 14.2 Å². The number of methoxy groups -OCH3 is 3. The van der Waals surface area contributed by atoms with E-state index in [0.29, 0.717) is 42.5 Å². The van der Waals surface area contributed by atoms with Crippen LogP contribution in [0.2, 0.25) is 5.02 Å². The Kier molecular flexibility index (Phi) is 8.79. The van der Waals surface area contributed by atoms with Gasteiger partial charge in [-0.3, -0.25) is 4.79 Å². The first-order valence-corrected chi connectivity index (χ1v) is 13.0. The molecule has 1 amide bonds. The molecule has 0 N–H and O–H groups in total. The topological polar surface area (TPSA) is 65.3 Å². The molecular weight excluding hydrogens is 502 g/mol. The Morgan fingerprint density at radius 3 is 2.42 bits per heavy atom. The zero-order valence-corrected chi connectivity index (χ0v) is 23.3. The van der Waals surface area contributed by atoms with Gasteiger partial charge in [-0.05, 0) is 42.7 Å². The molecule has 2 aromatic heterocycles. The number of rotatable bonds is 11. The third-order valence-corrected chi connectivity index (χ3v) is 6.96. The molecule has 38 heavy (non-hydrogen) atoms. The largest absolute Gasteiger partial charge is 0.496 e. The lowest BCUT2D eigenvalue weighted by Crippen LogP contribution is -2.33. The van der Waals surface area contributed by atoms with Gasteiger partial charge in [0.15, 0.2) is 11.5 Å². The van der Waals surface area contributed by atoms with Gasteiger partial charge in [-0.25, -0.2) is 4.98 Å². The second-order valence-electron chi connectivity index (χ2n) is 9.49. The lowest BCUT2D eigenvalue weighted by atomic mass is 10.1. The Bertz CT molecular complexity index is 1420. The molecule has 0 aliphatic carbocycles. The van der Waals surface area contributed by atoms with Crippen LogP contribution in [0.1, 0.15) is 47.6 Å². The highest BCUT2D eigenvalue weighted by atomic mass is 35.5. The van der Waals surface area contributed by atoms with Crippen LogP contribution in [0.4, 0.5) is 0 Å². The van der Waals surface area contributed by atoms with Crippen molar-refractivity contribution in [2.24, 2.45) is 5.92 Å². The zero-order valence-electron chi connectivity index (χ0n) is 22.5. The summed E-state index contributed by atoms with van der Waals surface area (Å²) in [5.41, 5.74) is 4.07. The highest BCUT2D eigenvalue weighted by Crippen LogP contribution is 2.38. The van der Waals surface area contributed by atoms with E-state index in [-0.39, 0.29) is 10.9 Å². The average molecular weight is 536 g/mol. The molecule has 0 aliphatic heterocycles. The van der Waals surface area contributed by atoms with Gasteiger partial charge in [0.2, 0.25) is 0 Å². The summed E-state index contributed by atoms with van der Waals surface area (Å²) >= 11 is 6.65. The van der Waals surface area contributed by atoms with Gasteiger partial charge in [0.25, 0.3) is 5.91 Å². The first kappa shape index (κ1) is 27.3. The van der Waals surface area contributed by atoms with Crippen molar-refractivity contribution in [2.45, 2.75) is 33.2 Å². The van der Waals surface area contributed by atoms with Gasteiger partial charge in [0.05, 0.1) is 49.8 Å². The molecule has 0 atom stereocenters. The second-order valence-corrected chi connectivity index (χ2v) is 9.87. The van der Waals surface area contributed by atoms with Gasteiger partial charge >= 0.3 is 0 Å². The van der Waals surface area contributed by atoms with E-state index < -0.39 is 0 Å². The van der Waals surface area contributed by atoms with Crippen molar-refractivity contribution in [1.29, 1.82) is 0 Å². The van der Waals surface area contributed by atoms with Crippen LogP contribution in [-0.4, -0.2) is 48.1 Å². The van der Waals surface area contributed by atoms with E-state index in [9.17, 15) is 4.79 Å². The van der Waals surface area contributed by atoms with E-state index in [1.807, 2.05) is 47.5 Å². The summed E-state index contributed by atoms with van der Waals surface area (Å²) in [6, 6.07) is 17.3. The number of benzene rings is 2. The Morgan fingerprint density at radius 2 is 1.71 bits per heavy atom. The summed E-state index contributed by atoms with van der Waals surface area (Å²) in [4.78, 5) is 20.7. The van der Waals surface area contributed by atoms with Crippen LogP contribution < -0.4 is 14.2 Å². The lowest BCUT2D eigenvalue weighted by molar-refractivity contribution is 0.0733. The maximum Gasteiger partial charge on any atom is 0.255 e. The van der Waals surface area contributed by atoms with Gasteiger partial charge in [0.1, 0.15) is 11.4 Å². The molecule has 0 saturated carbocycles. The number of halogens is 1. The molecule has 0 fully saturated rings. The Balaban J connectivity index is 1.75. The minimum Gasteiger partial charge on any atom is -0.496 e. The minimum atomic E-state index is -0.183. The van der Waals surface area contributed by atoms with Crippen LogP contribution in [0.5, 0.6) is 17.2 Å². The lowest BCUT2D eigenvalue weighted by Gasteiger charge is -2.25. The predicted molar refractivity (Wildman–Crippen MR) is 150 cm³/mol. The molecule has 200 valence electrons. The maximum absolute atomic E-state index is 13.9. The first-order valence-electron chi connectivity index (χ1n) is 12.6. The summed E-state index contributed by atoms with van der Waals surface area (Å²) in [6.07, 6.45) is 3.45. The number of hydrogen-bond acceptors (Lipinski definition) is 5. The van der Waals surface area contributed by atoms with Gasteiger partial charge in [-0.1, -0.05) is 49.7 Å². The smallest absolute Gasteiger partial charge is 0.255 e. The van der Waals surface area contributed by atoms with E-state index in [0.717, 1.165) is 34.8 Å². The van der Waals surface area contributed by atoms with E-state index in [4.69, 9.17) is 30.8 Å². The van der Waals surface area contributed by atoms with Gasteiger partial charge in [-0.15, -0.1) is 0 Å². The highest BCUT2D eigenvalue weighted by Gasteiger charge is 2.25. The van der Waals surface area contributed by atoms with Crippen LogP contribution >= 0.6 is 11.6 Å². The second kappa shape index (κ2) is 12.2. The van der Waals surface area contributed by atoms with Crippen molar-refractivity contribution in [1.82, 2.24) is 14.3 Å². The fourth-order valence-corrected chi connectivity index (χ4v) is 4.82. The van der Waals surface area contributed by atoms with Gasteiger partial charge < -0.3 is 23.5 Å². The number of hydrogen-bond donors (Lipinski definition) is 0. The van der Waals surface area contributed by atoms with Crippen molar-refractivity contribution < 1.29 is 19.0 Å². The van der Waals surface area contributed by atoms with Crippen LogP contribution in [0.3, 0.4) is 0 Å². The number of amides is 1. The molecule has 4 rings (SSSR count). The van der Waals surface area contributed by atoms with E-state index in [1.54, 1.807) is 19.2 Å². The third kappa shape index (κ3) is 5.73. The number of para-hydroxylation sites is 1. The molecule has 2 heterocycles. The Labute approximate surface area is 228 Å². The molecule has 0 saturated heterocycles. The van der Waals surface area contributed by atoms with Crippen molar-refractivity contribution >= 4 is 23.2 Å². The number of pyridine rings is 1. The number of nitrogens with zero attached hydrogens (tertiary/aromatic N) is 3. The molecule has 7 nitrogen and oxygen atoms in total. The van der Waals surface area contributed by atoms with Crippen LogP contribution in [0.15, 0.2) is 60.8 Å². The Morgan fingerprint density at radius 1 is 0.974 bits per heavy atom. The summed E-state index contributed by atoms with van der Waals surface area (Å²) < 4.78 is 18.5. The molecule has 0 spiro atoms. The van der Waals surface area contributed by atoms with E-state index in [2.05, 4.69) is 24.3 Å². The zero-order chi connectivity index (χ0) is 27.2. The summed E-state index contributed by atoms with van der Waals surface area (Å²) in [6.45, 7) is 5.18. The van der Waals surface area contributed by atoms with Crippen molar-refractivity contribution in [3.63, 3.8) is 0 Å². The van der Waals surface area contributed by atoms with Gasteiger partial charge in [0, 0.05) is 24.7 Å². The third-order valence-electron chi connectivity index (χ3n) is 6.58. The van der Waals surface area contributed by atoms with Crippen LogP contribution in [0, 0.1) is 5.92 Å². The highest BCUT2D eigenvalue weighted by molar-refractivity contribution is 6.35. The van der Waals surface area contributed by atoms with Crippen molar-refractivity contribution in [3.05, 3.63) is 88.3 Å². The van der Waals surface area contributed by atoms with E-state index >= 15 is 0 Å². The molecule has 2 aromatic carbocycles. The van der Waals surface area contributed by atoms with Crippen LogP contribution in [0.25, 0.3) is 5.65 Å². The van der Waals surface area contributed by atoms with Crippen molar-refractivity contribution in [2.75, 3.05) is 27.9 Å². The Hall–Kier alpha value is -3.71. The molecule has 0 bridgehead atoms. The monoisotopic (exact) mass is 535 g/mol. The normalized spacial score (nSPS) is 11.1. The number of imidazole rings is 1. The molecule has 0 radical (unpaired) electrons. The first-order chi connectivity index (χ1) is 18.4. The van der Waals surface area contributed by atoms with Gasteiger partial charge in [-0.2, -0.15) is 0 Å². The molecule has 0 unspecified atom stereocenters. The molecule has 8 heteroatoms. The fraction of sp³-hybridized carbons (Fsp3) is 0.333. The number of carbonyl (C=O) groups excluding carboxylic acids is 1. The van der Waals surface area contributed by atoms with Crippen LogP contribution in [-0.2, 0) is 13.0 Å². The maximum atomic E-state index is 13.9. The fourth-order valence-electron chi connectivity index (χ4n) is 4.51. The molecule has 4 aromatic rings. The SMILES string of the molecule is COc1ccccc1Cc1c(CN(CCC(C)C)C(=O)c2ccc(OC)c(OC)c2Cl)nc2ccccn12. The molecule has 0 aliphatic rings. The number of carbonyl (C=O) groups is 1. The summed E-state index contributed by atoms with van der Waals surface area (Å²) in [7, 11) is 4.72.